The number of allylic oxidation sites excluding steroid dienone is 1. The molecular weight excluding hydrogens is 360 g/mol. The van der Waals surface area contributed by atoms with E-state index in [9.17, 15) is 14.7 Å². The number of hydrogen-bond acceptors (Lipinski definition) is 3. The Labute approximate surface area is 159 Å². The summed E-state index contributed by atoms with van der Waals surface area (Å²) < 4.78 is 0. The van der Waals surface area contributed by atoms with E-state index in [4.69, 9.17) is 0 Å². The molecule has 0 unspecified atom stereocenters. The Morgan fingerprint density at radius 1 is 0.800 bits per heavy atom. The van der Waals surface area contributed by atoms with Gasteiger partial charge in [0.25, 0.3) is 0 Å². The summed E-state index contributed by atoms with van der Waals surface area (Å²) in [6, 6.07) is 2.32. The maximum Gasteiger partial charge on any atom is 0.160 e. The first-order valence-corrected chi connectivity index (χ1v) is 20.2. The molecule has 0 spiro atoms. The number of ketones is 2. The smallest absolute Gasteiger partial charge is 0.160 e. The summed E-state index contributed by atoms with van der Waals surface area (Å²) in [6.07, 6.45) is 0. The van der Waals surface area contributed by atoms with Crippen LogP contribution in [0.2, 0.25) is 77.1 Å². The van der Waals surface area contributed by atoms with Crippen LogP contribution in [0.25, 0.3) is 0 Å². The first-order chi connectivity index (χ1) is 10.7. The molecule has 0 fully saturated rings. The van der Waals surface area contributed by atoms with Gasteiger partial charge in [0.1, 0.15) is 5.60 Å². The van der Waals surface area contributed by atoms with Crippen molar-refractivity contribution < 1.29 is 14.7 Å². The molecule has 0 aliphatic heterocycles. The average molecular weight is 403 g/mol. The van der Waals surface area contributed by atoms with Crippen molar-refractivity contribution in [3.05, 3.63) is 12.2 Å². The van der Waals surface area contributed by atoms with Gasteiger partial charge in [0.2, 0.25) is 0 Å². The number of rotatable bonds is 8. The third kappa shape index (κ3) is 15.6. The van der Waals surface area contributed by atoms with Crippen molar-refractivity contribution in [3.8, 4) is 0 Å². The van der Waals surface area contributed by atoms with E-state index in [0.717, 1.165) is 11.6 Å². The Bertz CT molecular complexity index is 462. The van der Waals surface area contributed by atoms with Crippen LogP contribution in [0.4, 0.5) is 0 Å². The number of aliphatic hydroxyl groups is 1. The van der Waals surface area contributed by atoms with Gasteiger partial charge in [0.15, 0.2) is 11.6 Å². The zero-order valence-corrected chi connectivity index (χ0v) is 21.6. The van der Waals surface area contributed by atoms with Gasteiger partial charge < -0.3 is 5.11 Å². The Kier molecular flexibility index (Phi) is 10.3. The lowest BCUT2D eigenvalue weighted by Crippen LogP contribution is -2.48. The van der Waals surface area contributed by atoms with Crippen molar-refractivity contribution in [2.75, 3.05) is 0 Å². The topological polar surface area (TPSA) is 54.4 Å². The summed E-state index contributed by atoms with van der Waals surface area (Å²) in [5, 5.41) is 10.5. The van der Waals surface area contributed by atoms with Crippen molar-refractivity contribution in [1.82, 2.24) is 0 Å². The van der Waals surface area contributed by atoms with Gasteiger partial charge in [-0.15, -0.1) is 0 Å². The summed E-state index contributed by atoms with van der Waals surface area (Å²) in [5.41, 5.74) is -0.256. The zero-order chi connectivity index (χ0) is 20.9. The summed E-state index contributed by atoms with van der Waals surface area (Å²) in [6.45, 7) is 26.7. The molecule has 0 aromatic carbocycles. The third-order valence-corrected chi connectivity index (χ3v) is 8.32. The van der Waals surface area contributed by atoms with Crippen LogP contribution in [0.1, 0.15) is 13.8 Å². The van der Waals surface area contributed by atoms with Crippen LogP contribution < -0.4 is 0 Å². The lowest BCUT2D eigenvalue weighted by molar-refractivity contribution is -0.131. The number of Topliss-reactive ketones (excluding diaryl/α,β-unsaturated/α-hetero) is 2. The Morgan fingerprint density at radius 2 is 1.12 bits per heavy atom. The van der Waals surface area contributed by atoms with E-state index < -0.39 is 29.8 Å². The number of carbonyl (C=O) groups is 2. The van der Waals surface area contributed by atoms with Gasteiger partial charge in [-0.25, -0.2) is 0 Å². The van der Waals surface area contributed by atoms with Gasteiger partial charge in [0, 0.05) is 24.2 Å². The molecule has 0 aliphatic carbocycles. The normalized spacial score (nSPS) is 13.0. The fourth-order valence-electron chi connectivity index (χ4n) is 2.83. The SMILES string of the molecule is C=C(C[Si](C)(C)C)C(C)=O.CC(=O)C(O)(C[Si](C)(C)C)C[Si](C)(C)C. The highest BCUT2D eigenvalue weighted by atomic mass is 28.3. The molecule has 0 saturated carbocycles. The molecule has 3 nitrogen and oxygen atoms in total. The molecule has 0 atom stereocenters. The van der Waals surface area contributed by atoms with Crippen molar-refractivity contribution >= 4 is 35.8 Å². The van der Waals surface area contributed by atoms with Gasteiger partial charge in [-0.05, 0) is 37.6 Å². The minimum absolute atomic E-state index is 0.0488. The minimum atomic E-state index is -1.40. The molecule has 0 heterocycles. The molecule has 0 aromatic heterocycles. The average Bonchev–Trinajstić information content (AvgIpc) is 2.21. The summed E-state index contributed by atoms with van der Waals surface area (Å²) >= 11 is 0. The number of hydrogen-bond donors (Lipinski definition) is 1. The van der Waals surface area contributed by atoms with E-state index in [-0.39, 0.29) is 11.6 Å². The van der Waals surface area contributed by atoms with E-state index in [1.807, 2.05) is 0 Å². The molecule has 0 rings (SSSR count). The zero-order valence-electron chi connectivity index (χ0n) is 18.6. The standard InChI is InChI=1S/C11H26O2Si2.C8H16OSi/c1-10(12)11(13,8-14(2,3)4)9-15(5,6)7;1-7(8(2)9)6-10(3,4)5/h13H,8-9H2,1-7H3;1,6H2,2-5H3. The van der Waals surface area contributed by atoms with E-state index in [0.29, 0.717) is 12.1 Å². The molecule has 25 heavy (non-hydrogen) atoms. The molecular formula is C19H42O3Si3. The van der Waals surface area contributed by atoms with Crippen LogP contribution in [0.3, 0.4) is 0 Å². The van der Waals surface area contributed by atoms with Gasteiger partial charge in [-0.2, -0.15) is 0 Å². The maximum atomic E-state index is 11.6. The van der Waals surface area contributed by atoms with Gasteiger partial charge >= 0.3 is 0 Å². The molecule has 0 bridgehead atoms. The van der Waals surface area contributed by atoms with Crippen LogP contribution in [0.5, 0.6) is 0 Å². The van der Waals surface area contributed by atoms with Crippen LogP contribution in [-0.2, 0) is 9.59 Å². The molecule has 0 amide bonds. The van der Waals surface area contributed by atoms with Crippen LogP contribution >= 0.6 is 0 Å². The third-order valence-electron chi connectivity index (χ3n) is 3.54. The monoisotopic (exact) mass is 402 g/mol. The predicted molar refractivity (Wildman–Crippen MR) is 120 cm³/mol. The second-order valence-electron chi connectivity index (χ2n) is 11.0. The fourth-order valence-corrected chi connectivity index (χ4v) is 8.87. The highest BCUT2D eigenvalue weighted by Crippen LogP contribution is 2.30. The molecule has 1 N–H and O–H groups in total. The van der Waals surface area contributed by atoms with E-state index in [1.54, 1.807) is 6.92 Å². The highest BCUT2D eigenvalue weighted by molar-refractivity contribution is 6.78. The second-order valence-corrected chi connectivity index (χ2v) is 27.4. The quantitative estimate of drug-likeness (QED) is 0.433. The van der Waals surface area contributed by atoms with E-state index >= 15 is 0 Å². The van der Waals surface area contributed by atoms with Crippen molar-refractivity contribution in [2.45, 2.75) is 96.5 Å². The second kappa shape index (κ2) is 9.58. The van der Waals surface area contributed by atoms with Gasteiger partial charge in [0.05, 0.1) is 0 Å². The van der Waals surface area contributed by atoms with Crippen molar-refractivity contribution in [2.24, 2.45) is 0 Å². The molecule has 0 aromatic rings. The molecule has 0 radical (unpaired) electrons. The van der Waals surface area contributed by atoms with Gasteiger partial charge in [-0.3, -0.25) is 9.59 Å². The van der Waals surface area contributed by atoms with Crippen molar-refractivity contribution in [1.29, 1.82) is 0 Å². The predicted octanol–water partition coefficient (Wildman–Crippen LogP) is 5.45. The lowest BCUT2D eigenvalue weighted by Gasteiger charge is -2.35. The van der Waals surface area contributed by atoms with Crippen LogP contribution in [-0.4, -0.2) is 46.5 Å². The van der Waals surface area contributed by atoms with E-state index in [2.05, 4.69) is 65.5 Å². The largest absolute Gasteiger partial charge is 0.383 e. The lowest BCUT2D eigenvalue weighted by atomic mass is 10.1. The Hall–Kier alpha value is -0.309. The molecule has 6 heteroatoms. The van der Waals surface area contributed by atoms with Crippen molar-refractivity contribution in [3.63, 3.8) is 0 Å². The number of carbonyl (C=O) groups excluding carboxylic acids is 2. The summed E-state index contributed by atoms with van der Waals surface area (Å²) in [7, 11) is -3.91. The Morgan fingerprint density at radius 3 is 1.24 bits per heavy atom. The van der Waals surface area contributed by atoms with Gasteiger partial charge in [-0.1, -0.05) is 65.5 Å². The first kappa shape index (κ1) is 26.9. The first-order valence-electron chi connectivity index (χ1n) is 9.11. The molecule has 148 valence electrons. The van der Waals surface area contributed by atoms with E-state index in [1.165, 1.54) is 6.92 Å². The summed E-state index contributed by atoms with van der Waals surface area (Å²) in [5.74, 6) is 0.0924. The summed E-state index contributed by atoms with van der Waals surface area (Å²) in [4.78, 5) is 22.4. The maximum absolute atomic E-state index is 11.6. The molecule has 0 saturated heterocycles. The van der Waals surface area contributed by atoms with Crippen LogP contribution in [0, 0.1) is 0 Å². The highest BCUT2D eigenvalue weighted by Gasteiger charge is 2.40. The van der Waals surface area contributed by atoms with Crippen LogP contribution in [0.15, 0.2) is 12.2 Å². The minimum Gasteiger partial charge on any atom is -0.383 e. The Balaban J connectivity index is 0. The molecule has 0 aliphatic rings. The fraction of sp³-hybridized carbons (Fsp3) is 0.789.